The number of pyridine rings is 1. The van der Waals surface area contributed by atoms with Gasteiger partial charge in [-0.25, -0.2) is 4.98 Å². The topological polar surface area (TPSA) is 103 Å². The van der Waals surface area contributed by atoms with Crippen molar-refractivity contribution < 1.29 is 4.74 Å². The van der Waals surface area contributed by atoms with E-state index in [0.29, 0.717) is 11.5 Å². The molecule has 1 aliphatic rings. The van der Waals surface area contributed by atoms with Gasteiger partial charge in [-0.05, 0) is 35.7 Å². The highest BCUT2D eigenvalue weighted by atomic mass is 32.2. The molecule has 1 aromatic heterocycles. The number of nitrogens with zero attached hydrogens (tertiary/aromatic N) is 2. The summed E-state index contributed by atoms with van der Waals surface area (Å²) in [6.07, 6.45) is 1.27. The van der Waals surface area contributed by atoms with Crippen molar-refractivity contribution in [2.24, 2.45) is 0 Å². The van der Waals surface area contributed by atoms with Gasteiger partial charge in [0.15, 0.2) is 0 Å². The maximum atomic E-state index is 6.13. The SMILES string of the molecule is Nc1cc(SCc2ccccc2CN2CCC(Oc3ccccc3)C2)c(N)c(N)n1. The molecule has 0 saturated carbocycles. The van der Waals surface area contributed by atoms with E-state index in [4.69, 9.17) is 21.9 Å². The van der Waals surface area contributed by atoms with Gasteiger partial charge in [0.25, 0.3) is 0 Å². The van der Waals surface area contributed by atoms with Gasteiger partial charge in [0.05, 0.1) is 5.69 Å². The zero-order valence-corrected chi connectivity index (χ0v) is 17.6. The first-order chi connectivity index (χ1) is 14.6. The van der Waals surface area contributed by atoms with Crippen LogP contribution in [0, 0.1) is 0 Å². The Bertz CT molecular complexity index is 998. The molecule has 2 aromatic carbocycles. The summed E-state index contributed by atoms with van der Waals surface area (Å²) in [4.78, 5) is 7.33. The standard InChI is InChI=1S/C23H27N5OS/c24-21-12-20(22(25)23(26)27-21)30-15-17-7-5-4-6-16(17)13-28-11-10-19(14-28)29-18-8-2-1-3-9-18/h1-9,12,19H,10-11,13-15,25H2,(H4,24,26,27). The largest absolute Gasteiger partial charge is 0.489 e. The zero-order valence-electron chi connectivity index (χ0n) is 16.8. The second-order valence-electron chi connectivity index (χ2n) is 7.48. The number of nitrogen functional groups attached to an aromatic ring is 3. The van der Waals surface area contributed by atoms with Crippen LogP contribution in [0.15, 0.2) is 65.6 Å². The Hall–Kier alpha value is -2.90. The number of thioether (sulfide) groups is 1. The van der Waals surface area contributed by atoms with Gasteiger partial charge in [-0.3, -0.25) is 4.90 Å². The lowest BCUT2D eigenvalue weighted by Crippen LogP contribution is -2.25. The summed E-state index contributed by atoms with van der Waals surface area (Å²) in [5.74, 6) is 2.40. The van der Waals surface area contributed by atoms with Crippen molar-refractivity contribution in [3.63, 3.8) is 0 Å². The van der Waals surface area contributed by atoms with Crippen LogP contribution in [0.5, 0.6) is 5.75 Å². The maximum Gasteiger partial charge on any atom is 0.150 e. The fourth-order valence-corrected chi connectivity index (χ4v) is 4.72. The normalized spacial score (nSPS) is 16.6. The fourth-order valence-electron chi connectivity index (χ4n) is 3.67. The Morgan fingerprint density at radius 1 is 1.00 bits per heavy atom. The van der Waals surface area contributed by atoms with Gasteiger partial charge in [-0.2, -0.15) is 0 Å². The quantitative estimate of drug-likeness (QED) is 0.499. The van der Waals surface area contributed by atoms with E-state index < -0.39 is 0 Å². The number of ether oxygens (including phenoxy) is 1. The summed E-state index contributed by atoms with van der Waals surface area (Å²) in [5, 5.41) is 0. The Labute approximate surface area is 181 Å². The molecule has 156 valence electrons. The highest BCUT2D eigenvalue weighted by Crippen LogP contribution is 2.33. The van der Waals surface area contributed by atoms with E-state index in [9.17, 15) is 0 Å². The van der Waals surface area contributed by atoms with Crippen LogP contribution in [0.3, 0.4) is 0 Å². The van der Waals surface area contributed by atoms with Crippen molar-refractivity contribution >= 4 is 29.1 Å². The molecule has 1 fully saturated rings. The van der Waals surface area contributed by atoms with Gasteiger partial charge < -0.3 is 21.9 Å². The van der Waals surface area contributed by atoms with Gasteiger partial charge in [0.1, 0.15) is 23.5 Å². The minimum Gasteiger partial charge on any atom is -0.489 e. The molecule has 3 aromatic rings. The first-order valence-corrected chi connectivity index (χ1v) is 11.0. The van der Waals surface area contributed by atoms with Gasteiger partial charge in [-0.15, -0.1) is 11.8 Å². The number of rotatable bonds is 7. The lowest BCUT2D eigenvalue weighted by atomic mass is 10.1. The Kier molecular flexibility index (Phi) is 6.30. The van der Waals surface area contributed by atoms with Crippen LogP contribution in [0.25, 0.3) is 0 Å². The Balaban J connectivity index is 1.38. The van der Waals surface area contributed by atoms with E-state index >= 15 is 0 Å². The molecule has 6 nitrogen and oxygen atoms in total. The number of hydrogen-bond donors (Lipinski definition) is 3. The zero-order chi connectivity index (χ0) is 20.9. The molecule has 0 spiro atoms. The Morgan fingerprint density at radius 3 is 2.53 bits per heavy atom. The van der Waals surface area contributed by atoms with Crippen molar-refractivity contribution in [1.82, 2.24) is 9.88 Å². The number of nitrogens with two attached hydrogens (primary N) is 3. The lowest BCUT2D eigenvalue weighted by Gasteiger charge is -2.19. The summed E-state index contributed by atoms with van der Waals surface area (Å²) >= 11 is 1.63. The number of likely N-dealkylation sites (tertiary alicyclic amines) is 1. The molecule has 1 atom stereocenters. The second kappa shape index (κ2) is 9.28. The summed E-state index contributed by atoms with van der Waals surface area (Å²) < 4.78 is 6.13. The highest BCUT2D eigenvalue weighted by Gasteiger charge is 2.24. The average Bonchev–Trinajstić information content (AvgIpc) is 3.18. The number of para-hydroxylation sites is 1. The van der Waals surface area contributed by atoms with Crippen LogP contribution in [-0.2, 0) is 12.3 Å². The smallest absolute Gasteiger partial charge is 0.150 e. The molecule has 30 heavy (non-hydrogen) atoms. The van der Waals surface area contributed by atoms with Crippen molar-refractivity contribution in [1.29, 1.82) is 0 Å². The van der Waals surface area contributed by atoms with Crippen LogP contribution in [-0.4, -0.2) is 29.1 Å². The van der Waals surface area contributed by atoms with Crippen LogP contribution >= 0.6 is 11.8 Å². The Morgan fingerprint density at radius 2 is 1.73 bits per heavy atom. The van der Waals surface area contributed by atoms with Crippen LogP contribution in [0.4, 0.5) is 17.3 Å². The van der Waals surface area contributed by atoms with Gasteiger partial charge in [-0.1, -0.05) is 42.5 Å². The van der Waals surface area contributed by atoms with Crippen molar-refractivity contribution in [2.45, 2.75) is 29.7 Å². The minimum absolute atomic E-state index is 0.233. The lowest BCUT2D eigenvalue weighted by molar-refractivity contribution is 0.198. The monoisotopic (exact) mass is 421 g/mol. The summed E-state index contributed by atoms with van der Waals surface area (Å²) in [6.45, 7) is 2.87. The van der Waals surface area contributed by atoms with Crippen molar-refractivity contribution in [2.75, 3.05) is 30.3 Å². The van der Waals surface area contributed by atoms with Crippen molar-refractivity contribution in [3.8, 4) is 5.75 Å². The second-order valence-corrected chi connectivity index (χ2v) is 8.50. The van der Waals surface area contributed by atoms with Gasteiger partial charge >= 0.3 is 0 Å². The molecule has 7 heteroatoms. The average molecular weight is 422 g/mol. The highest BCUT2D eigenvalue weighted by molar-refractivity contribution is 7.98. The number of benzene rings is 2. The van der Waals surface area contributed by atoms with E-state index in [1.54, 1.807) is 17.8 Å². The first kappa shape index (κ1) is 20.4. The molecule has 0 bridgehead atoms. The van der Waals surface area contributed by atoms with Crippen LogP contribution in [0.1, 0.15) is 17.5 Å². The molecule has 1 saturated heterocycles. The molecule has 0 amide bonds. The molecule has 1 unspecified atom stereocenters. The molecular formula is C23H27N5OS. The minimum atomic E-state index is 0.233. The summed E-state index contributed by atoms with van der Waals surface area (Å²) in [6, 6.07) is 20.4. The van der Waals surface area contributed by atoms with E-state index in [2.05, 4.69) is 34.1 Å². The summed E-state index contributed by atoms with van der Waals surface area (Å²) in [5.41, 5.74) is 20.8. The third kappa shape index (κ3) is 4.98. The van der Waals surface area contributed by atoms with Gasteiger partial charge in [0.2, 0.25) is 0 Å². The molecule has 0 aliphatic carbocycles. The predicted molar refractivity (Wildman–Crippen MR) is 124 cm³/mol. The van der Waals surface area contributed by atoms with E-state index in [-0.39, 0.29) is 11.9 Å². The predicted octanol–water partition coefficient (Wildman–Crippen LogP) is 3.77. The first-order valence-electron chi connectivity index (χ1n) is 10.0. The third-order valence-corrected chi connectivity index (χ3v) is 6.34. The number of hydrogen-bond acceptors (Lipinski definition) is 7. The molecule has 6 N–H and O–H groups in total. The molecule has 1 aliphatic heterocycles. The van der Waals surface area contributed by atoms with E-state index in [0.717, 1.165) is 42.5 Å². The van der Waals surface area contributed by atoms with E-state index in [1.807, 2.05) is 30.3 Å². The molecule has 2 heterocycles. The van der Waals surface area contributed by atoms with Crippen LogP contribution < -0.4 is 21.9 Å². The van der Waals surface area contributed by atoms with Crippen molar-refractivity contribution in [3.05, 3.63) is 71.8 Å². The van der Waals surface area contributed by atoms with Gasteiger partial charge in [0, 0.05) is 30.3 Å². The molecular weight excluding hydrogens is 394 g/mol. The third-order valence-electron chi connectivity index (χ3n) is 5.24. The summed E-state index contributed by atoms with van der Waals surface area (Å²) in [7, 11) is 0. The molecule has 4 rings (SSSR count). The fraction of sp³-hybridized carbons (Fsp3) is 0.261. The maximum absolute atomic E-state index is 6.13. The number of aromatic nitrogens is 1. The number of anilines is 3. The van der Waals surface area contributed by atoms with E-state index in [1.165, 1.54) is 11.1 Å². The van der Waals surface area contributed by atoms with Crippen LogP contribution in [0.2, 0.25) is 0 Å². The molecule has 0 radical (unpaired) electrons.